The van der Waals surface area contributed by atoms with Crippen molar-refractivity contribution in [1.29, 1.82) is 0 Å². The van der Waals surface area contributed by atoms with Gasteiger partial charge in [0.1, 0.15) is 0 Å². The van der Waals surface area contributed by atoms with Gasteiger partial charge in [0.2, 0.25) is 0 Å². The quantitative estimate of drug-likeness (QED) is 0.845. The van der Waals surface area contributed by atoms with E-state index in [0.717, 1.165) is 13.1 Å². The molecule has 0 radical (unpaired) electrons. The highest BCUT2D eigenvalue weighted by Gasteiger charge is 2.19. The minimum absolute atomic E-state index is 0.697. The van der Waals surface area contributed by atoms with Crippen LogP contribution < -0.4 is 5.32 Å². The van der Waals surface area contributed by atoms with Crippen molar-refractivity contribution in [3.63, 3.8) is 0 Å². The van der Waals surface area contributed by atoms with E-state index in [0.29, 0.717) is 6.04 Å². The Bertz CT molecular complexity index is 540. The van der Waals surface area contributed by atoms with E-state index >= 15 is 0 Å². The Hall–Kier alpha value is -1.32. The molecule has 108 valence electrons. The molecule has 2 aromatic rings. The highest BCUT2D eigenvalue weighted by molar-refractivity contribution is 5.82. The molecule has 0 saturated carbocycles. The number of nitrogens with one attached hydrogen (secondary N) is 2. The number of H-pyrrole nitrogens is 1. The van der Waals surface area contributed by atoms with E-state index in [1.54, 1.807) is 0 Å². The van der Waals surface area contributed by atoms with Gasteiger partial charge >= 0.3 is 0 Å². The van der Waals surface area contributed by atoms with E-state index in [4.69, 9.17) is 0 Å². The van der Waals surface area contributed by atoms with Gasteiger partial charge in [0.15, 0.2) is 0 Å². The lowest BCUT2D eigenvalue weighted by atomic mass is 10.1. The third kappa shape index (κ3) is 2.89. The molecular formula is C17H25N3. The lowest BCUT2D eigenvalue weighted by molar-refractivity contribution is 0.229. The number of aromatic nitrogens is 1. The first-order valence-corrected chi connectivity index (χ1v) is 7.88. The third-order valence-corrected chi connectivity index (χ3v) is 4.51. The first-order chi connectivity index (χ1) is 9.88. The Morgan fingerprint density at radius 1 is 1.25 bits per heavy atom. The van der Waals surface area contributed by atoms with Crippen molar-refractivity contribution in [1.82, 2.24) is 15.2 Å². The molecule has 0 amide bonds. The van der Waals surface area contributed by atoms with E-state index in [2.05, 4.69) is 46.4 Å². The van der Waals surface area contributed by atoms with Gasteiger partial charge in [-0.1, -0.05) is 19.1 Å². The van der Waals surface area contributed by atoms with E-state index in [1.807, 2.05) is 6.20 Å². The summed E-state index contributed by atoms with van der Waals surface area (Å²) in [5, 5.41) is 5.00. The molecule has 2 N–H and O–H groups in total. The molecule has 3 rings (SSSR count). The predicted molar refractivity (Wildman–Crippen MR) is 84.9 cm³/mol. The number of aromatic amines is 1. The smallest absolute Gasteiger partial charge is 0.0457 e. The van der Waals surface area contributed by atoms with Gasteiger partial charge in [0, 0.05) is 36.2 Å². The zero-order chi connectivity index (χ0) is 13.8. The average Bonchev–Trinajstić information content (AvgIpc) is 3.14. The Morgan fingerprint density at radius 3 is 2.90 bits per heavy atom. The molecule has 1 fully saturated rings. The molecule has 0 bridgehead atoms. The maximum atomic E-state index is 3.66. The molecular weight excluding hydrogens is 246 g/mol. The van der Waals surface area contributed by atoms with E-state index in [1.165, 1.54) is 48.8 Å². The molecule has 1 aliphatic heterocycles. The van der Waals surface area contributed by atoms with Gasteiger partial charge < -0.3 is 10.3 Å². The van der Waals surface area contributed by atoms with Crippen molar-refractivity contribution in [3.05, 3.63) is 36.0 Å². The Morgan fingerprint density at radius 2 is 2.10 bits per heavy atom. The molecule has 1 aromatic carbocycles. The van der Waals surface area contributed by atoms with Crippen LogP contribution in [0.3, 0.4) is 0 Å². The number of likely N-dealkylation sites (tertiary alicyclic amines) is 1. The molecule has 1 unspecified atom stereocenters. The molecule has 1 aliphatic rings. The van der Waals surface area contributed by atoms with Crippen LogP contribution in [-0.4, -0.2) is 35.6 Å². The number of fused-ring (bicyclic) bond motifs is 1. The summed E-state index contributed by atoms with van der Waals surface area (Å²) in [6.07, 6.45) is 6.01. The number of nitrogens with zero attached hydrogens (tertiary/aromatic N) is 1. The summed E-state index contributed by atoms with van der Waals surface area (Å²) in [6.45, 7) is 6.93. The van der Waals surface area contributed by atoms with Crippen LogP contribution in [0.4, 0.5) is 0 Å². The van der Waals surface area contributed by atoms with Crippen LogP contribution in [0, 0.1) is 0 Å². The summed E-state index contributed by atoms with van der Waals surface area (Å²) in [4.78, 5) is 5.92. The van der Waals surface area contributed by atoms with Gasteiger partial charge in [-0.05, 0) is 50.0 Å². The lowest BCUT2D eigenvalue weighted by Gasteiger charge is -2.26. The van der Waals surface area contributed by atoms with Gasteiger partial charge in [-0.15, -0.1) is 0 Å². The summed E-state index contributed by atoms with van der Waals surface area (Å²) in [7, 11) is 0. The second kappa shape index (κ2) is 6.42. The Kier molecular flexibility index (Phi) is 4.38. The Balaban J connectivity index is 1.57. The fourth-order valence-corrected chi connectivity index (χ4v) is 3.32. The topological polar surface area (TPSA) is 31.1 Å². The van der Waals surface area contributed by atoms with Crippen LogP contribution in [-0.2, 0) is 6.54 Å². The zero-order valence-electron chi connectivity index (χ0n) is 12.4. The van der Waals surface area contributed by atoms with Gasteiger partial charge in [0.05, 0.1) is 0 Å². The number of rotatable bonds is 6. The summed E-state index contributed by atoms with van der Waals surface area (Å²) in [5.74, 6) is 0. The van der Waals surface area contributed by atoms with Crippen LogP contribution in [0.1, 0.15) is 31.7 Å². The van der Waals surface area contributed by atoms with Crippen molar-refractivity contribution in [3.8, 4) is 0 Å². The van der Waals surface area contributed by atoms with Gasteiger partial charge in [-0.25, -0.2) is 0 Å². The van der Waals surface area contributed by atoms with Gasteiger partial charge in [-0.3, -0.25) is 4.90 Å². The molecule has 0 spiro atoms. The minimum Gasteiger partial charge on any atom is -0.361 e. The van der Waals surface area contributed by atoms with Crippen LogP contribution in [0.15, 0.2) is 30.5 Å². The number of benzene rings is 1. The van der Waals surface area contributed by atoms with E-state index < -0.39 is 0 Å². The normalized spacial score (nSPS) is 17.9. The lowest BCUT2D eigenvalue weighted by Crippen LogP contribution is -2.40. The van der Waals surface area contributed by atoms with Crippen molar-refractivity contribution < 1.29 is 0 Å². The first kappa shape index (κ1) is 13.7. The molecule has 1 saturated heterocycles. The molecule has 1 aromatic heterocycles. The summed E-state index contributed by atoms with van der Waals surface area (Å²) in [6, 6.07) is 9.36. The Labute approximate surface area is 121 Å². The second-order valence-electron chi connectivity index (χ2n) is 5.79. The number of hydrogen-bond donors (Lipinski definition) is 2. The highest BCUT2D eigenvalue weighted by Crippen LogP contribution is 2.17. The molecule has 0 aliphatic carbocycles. The van der Waals surface area contributed by atoms with Crippen LogP contribution in [0.5, 0.6) is 0 Å². The molecule has 3 heteroatoms. The summed E-state index contributed by atoms with van der Waals surface area (Å²) < 4.78 is 0. The highest BCUT2D eigenvalue weighted by atomic mass is 15.2. The van der Waals surface area contributed by atoms with E-state index in [-0.39, 0.29) is 0 Å². The monoisotopic (exact) mass is 271 g/mol. The van der Waals surface area contributed by atoms with Crippen molar-refractivity contribution in [2.45, 2.75) is 38.8 Å². The standard InChI is InChI=1S/C17H25N3/c1-2-15(20-10-3-4-11-20)13-18-12-14-6-5-7-17-16(14)8-9-19-17/h5-9,15,18-19H,2-4,10-13H2,1H3. The first-order valence-electron chi connectivity index (χ1n) is 7.88. The fraction of sp³-hybridized carbons (Fsp3) is 0.529. The van der Waals surface area contributed by atoms with Gasteiger partial charge in [0.25, 0.3) is 0 Å². The molecule has 20 heavy (non-hydrogen) atoms. The largest absolute Gasteiger partial charge is 0.361 e. The van der Waals surface area contributed by atoms with Crippen LogP contribution in [0.2, 0.25) is 0 Å². The number of hydrogen-bond acceptors (Lipinski definition) is 2. The average molecular weight is 271 g/mol. The van der Waals surface area contributed by atoms with Crippen LogP contribution >= 0.6 is 0 Å². The summed E-state index contributed by atoms with van der Waals surface area (Å²) >= 11 is 0. The fourth-order valence-electron chi connectivity index (χ4n) is 3.32. The zero-order valence-corrected chi connectivity index (χ0v) is 12.4. The minimum atomic E-state index is 0.697. The van der Waals surface area contributed by atoms with Crippen molar-refractivity contribution in [2.24, 2.45) is 0 Å². The SMILES string of the molecule is CCC(CNCc1cccc2[nH]ccc12)N1CCCC1. The maximum absolute atomic E-state index is 3.66. The molecule has 1 atom stereocenters. The van der Waals surface area contributed by atoms with Crippen molar-refractivity contribution in [2.75, 3.05) is 19.6 Å². The molecule has 2 heterocycles. The van der Waals surface area contributed by atoms with Gasteiger partial charge in [-0.2, -0.15) is 0 Å². The third-order valence-electron chi connectivity index (χ3n) is 4.51. The van der Waals surface area contributed by atoms with Crippen LogP contribution in [0.25, 0.3) is 10.9 Å². The molecule has 3 nitrogen and oxygen atoms in total. The predicted octanol–water partition coefficient (Wildman–Crippen LogP) is 3.13. The van der Waals surface area contributed by atoms with Crippen molar-refractivity contribution >= 4 is 10.9 Å². The second-order valence-corrected chi connectivity index (χ2v) is 5.79. The van der Waals surface area contributed by atoms with E-state index in [9.17, 15) is 0 Å². The maximum Gasteiger partial charge on any atom is 0.0457 e. The summed E-state index contributed by atoms with van der Waals surface area (Å²) in [5.41, 5.74) is 2.62.